The number of aliphatic hydroxyl groups is 1. The van der Waals surface area contributed by atoms with E-state index < -0.39 is 52.6 Å². The average Bonchev–Trinajstić information content (AvgIpc) is 2.80. The normalized spacial score (nSPS) is 38.8. The summed E-state index contributed by atoms with van der Waals surface area (Å²) < 4.78 is 15.9. The number of rotatable bonds is 6. The molecule has 0 saturated heterocycles. The molecule has 3 saturated carbocycles. The van der Waals surface area contributed by atoms with Gasteiger partial charge in [0.1, 0.15) is 24.2 Å². The molecule has 0 aliphatic heterocycles. The van der Waals surface area contributed by atoms with Gasteiger partial charge in [-0.3, -0.25) is 14.4 Å². The minimum absolute atomic E-state index is 0. The minimum Gasteiger partial charge on any atom is -0.468 e. The molecule has 3 rings (SSSR count). The molecule has 0 aromatic carbocycles. The molecule has 0 radical (unpaired) electrons. The lowest BCUT2D eigenvalue weighted by molar-refractivity contribution is -0.215. The van der Waals surface area contributed by atoms with Gasteiger partial charge in [-0.15, -0.1) is 12.4 Å². The van der Waals surface area contributed by atoms with E-state index in [2.05, 4.69) is 5.32 Å². The zero-order valence-corrected chi connectivity index (χ0v) is 22.8. The highest BCUT2D eigenvalue weighted by molar-refractivity contribution is 5.94. The highest BCUT2D eigenvalue weighted by atomic mass is 35.5. The van der Waals surface area contributed by atoms with E-state index in [-0.39, 0.29) is 36.8 Å². The molecule has 3 fully saturated rings. The quantitative estimate of drug-likeness (QED) is 0.230. The lowest BCUT2D eigenvalue weighted by Crippen LogP contribution is -2.68. The molecule has 0 amide bonds. The van der Waals surface area contributed by atoms with Crippen LogP contribution >= 0.6 is 12.4 Å². The summed E-state index contributed by atoms with van der Waals surface area (Å²) in [4.78, 5) is 51.1. The molecule has 3 aliphatic rings. The molecule has 0 bridgehead atoms. The molecule has 0 aromatic heterocycles. The molecule has 9 nitrogen and oxygen atoms in total. The Morgan fingerprint density at radius 3 is 2.47 bits per heavy atom. The second kappa shape index (κ2) is 11.6. The highest BCUT2D eigenvalue weighted by Gasteiger charge is 2.69. The summed E-state index contributed by atoms with van der Waals surface area (Å²) in [7, 11) is 3.03. The summed E-state index contributed by atoms with van der Waals surface area (Å²) >= 11 is 0. The van der Waals surface area contributed by atoms with Crippen molar-refractivity contribution in [1.82, 2.24) is 5.32 Å². The number of ether oxygens (including phenoxy) is 3. The summed E-state index contributed by atoms with van der Waals surface area (Å²) in [5, 5.41) is 14.2. The highest BCUT2D eigenvalue weighted by Crippen LogP contribution is 2.64. The van der Waals surface area contributed by atoms with Crippen LogP contribution in [-0.4, -0.2) is 68.3 Å². The molecule has 8 atom stereocenters. The fraction of sp³-hybridized carbons (Fsp3) is 0.769. The van der Waals surface area contributed by atoms with Gasteiger partial charge in [0, 0.05) is 31.4 Å². The van der Waals surface area contributed by atoms with E-state index >= 15 is 0 Å². The molecule has 10 heteroatoms. The molecule has 36 heavy (non-hydrogen) atoms. The van der Waals surface area contributed by atoms with E-state index in [4.69, 9.17) is 14.2 Å². The number of aliphatic hydroxyl groups excluding tert-OH is 1. The molecule has 2 N–H and O–H groups in total. The first kappa shape index (κ1) is 30.3. The van der Waals surface area contributed by atoms with Gasteiger partial charge in [-0.05, 0) is 56.9 Å². The van der Waals surface area contributed by atoms with Crippen molar-refractivity contribution in [2.24, 2.45) is 34.5 Å². The molecular formula is C26H40ClNO8. The maximum absolute atomic E-state index is 13.8. The fourth-order valence-electron chi connectivity index (χ4n) is 7.24. The van der Waals surface area contributed by atoms with Crippen LogP contribution < -0.4 is 5.32 Å². The number of methoxy groups -OCH3 is 1. The number of halogens is 1. The summed E-state index contributed by atoms with van der Waals surface area (Å²) in [5.74, 6) is -3.52. The minimum atomic E-state index is -1.41. The molecule has 0 heterocycles. The molecule has 8 unspecified atom stereocenters. The lowest BCUT2D eigenvalue weighted by Gasteiger charge is -2.62. The van der Waals surface area contributed by atoms with E-state index in [9.17, 15) is 24.3 Å². The van der Waals surface area contributed by atoms with Crippen molar-refractivity contribution < 1.29 is 38.5 Å². The van der Waals surface area contributed by atoms with Crippen LogP contribution in [0.1, 0.15) is 53.4 Å². The van der Waals surface area contributed by atoms with Crippen LogP contribution in [0.3, 0.4) is 0 Å². The van der Waals surface area contributed by atoms with Gasteiger partial charge < -0.3 is 24.6 Å². The van der Waals surface area contributed by atoms with Crippen LogP contribution in [0.2, 0.25) is 0 Å². The number of fused-ring (bicyclic) bond motifs is 3. The number of hydrogen-bond donors (Lipinski definition) is 2. The monoisotopic (exact) mass is 529 g/mol. The van der Waals surface area contributed by atoms with Gasteiger partial charge in [0.05, 0.1) is 7.11 Å². The average molecular weight is 530 g/mol. The number of allylic oxidation sites excluding steroid dienone is 1. The third-order valence-corrected chi connectivity index (χ3v) is 8.86. The van der Waals surface area contributed by atoms with Crippen molar-refractivity contribution in [2.45, 2.75) is 65.6 Å². The number of nitrogens with one attached hydrogen (secondary N) is 1. The van der Waals surface area contributed by atoms with Crippen molar-refractivity contribution in [1.29, 1.82) is 0 Å². The van der Waals surface area contributed by atoms with Gasteiger partial charge in [-0.2, -0.15) is 0 Å². The standard InChI is InChI=1S/C26H39NO8.ClH/c1-14-16(13-19(29)34-12-11-27-5)7-8-17-20(14)21(30)22(31)23-25(17,3)10-9-18(35-15(2)28)26(23,4)24(32)33-6;/h13-14,17-18,20-21,23,27,30H,7-12H2,1-6H3;1H/b16-13+;. The fourth-order valence-corrected chi connectivity index (χ4v) is 7.24. The first-order chi connectivity index (χ1) is 16.4. The van der Waals surface area contributed by atoms with Crippen LogP contribution in [0.4, 0.5) is 0 Å². The van der Waals surface area contributed by atoms with Crippen LogP contribution in [-0.2, 0) is 33.4 Å². The topological polar surface area (TPSA) is 128 Å². The number of ketones is 1. The number of esters is 3. The van der Waals surface area contributed by atoms with Crippen molar-refractivity contribution in [2.75, 3.05) is 27.3 Å². The molecule has 204 valence electrons. The van der Waals surface area contributed by atoms with Crippen molar-refractivity contribution in [3.05, 3.63) is 11.6 Å². The Balaban J connectivity index is 0.00000456. The van der Waals surface area contributed by atoms with Crippen molar-refractivity contribution >= 4 is 36.1 Å². The predicted molar refractivity (Wildman–Crippen MR) is 133 cm³/mol. The zero-order valence-electron chi connectivity index (χ0n) is 22.0. The van der Waals surface area contributed by atoms with Gasteiger partial charge in [0.15, 0.2) is 5.78 Å². The summed E-state index contributed by atoms with van der Waals surface area (Å²) in [6.07, 6.45) is 1.66. The van der Waals surface area contributed by atoms with E-state index in [1.54, 1.807) is 14.0 Å². The van der Waals surface area contributed by atoms with Gasteiger partial charge >= 0.3 is 17.9 Å². The van der Waals surface area contributed by atoms with Crippen LogP contribution in [0, 0.1) is 34.5 Å². The Kier molecular flexibility index (Phi) is 9.76. The zero-order chi connectivity index (χ0) is 26.1. The van der Waals surface area contributed by atoms with E-state index in [1.807, 2.05) is 13.8 Å². The molecule has 0 aromatic rings. The smallest absolute Gasteiger partial charge is 0.330 e. The lowest BCUT2D eigenvalue weighted by atomic mass is 9.41. The number of carbonyl (C=O) groups is 4. The molecular weight excluding hydrogens is 490 g/mol. The van der Waals surface area contributed by atoms with Crippen LogP contribution in [0.15, 0.2) is 11.6 Å². The van der Waals surface area contributed by atoms with Crippen molar-refractivity contribution in [3.8, 4) is 0 Å². The summed E-state index contributed by atoms with van der Waals surface area (Å²) in [6, 6.07) is 0. The Labute approximate surface area is 219 Å². The van der Waals surface area contributed by atoms with Crippen LogP contribution in [0.25, 0.3) is 0 Å². The SMILES string of the molecule is CNCCOC(=O)/C=C1\CCC2C(C(O)C(=O)C3C2(C)CCC(OC(C)=O)C3(C)C(=O)OC)C1C.Cl. The van der Waals surface area contributed by atoms with Crippen molar-refractivity contribution in [3.63, 3.8) is 0 Å². The number of likely N-dealkylation sites (N-methyl/N-ethyl adjacent to an activating group) is 1. The predicted octanol–water partition coefficient (Wildman–Crippen LogP) is 2.23. The second-order valence-electron chi connectivity index (χ2n) is 10.7. The Morgan fingerprint density at radius 1 is 1.22 bits per heavy atom. The van der Waals surface area contributed by atoms with Gasteiger partial charge in [-0.1, -0.05) is 19.4 Å². The van der Waals surface area contributed by atoms with E-state index in [1.165, 1.54) is 20.1 Å². The largest absolute Gasteiger partial charge is 0.468 e. The number of Topliss-reactive ketones (excluding diaryl/α,β-unsaturated/α-hetero) is 1. The maximum Gasteiger partial charge on any atom is 0.330 e. The summed E-state index contributed by atoms with van der Waals surface area (Å²) in [5.41, 5.74) is -1.15. The van der Waals surface area contributed by atoms with Crippen LogP contribution in [0.5, 0.6) is 0 Å². The van der Waals surface area contributed by atoms with Gasteiger partial charge in [-0.25, -0.2) is 4.79 Å². The second-order valence-corrected chi connectivity index (χ2v) is 10.7. The first-order valence-electron chi connectivity index (χ1n) is 12.4. The number of carbonyl (C=O) groups excluding carboxylic acids is 4. The first-order valence-corrected chi connectivity index (χ1v) is 12.4. The Hall–Kier alpha value is -1.97. The summed E-state index contributed by atoms with van der Waals surface area (Å²) in [6.45, 7) is 7.66. The number of hydrogen-bond acceptors (Lipinski definition) is 9. The Morgan fingerprint density at radius 2 is 1.89 bits per heavy atom. The van der Waals surface area contributed by atoms with Gasteiger partial charge in [0.2, 0.25) is 0 Å². The van der Waals surface area contributed by atoms with E-state index in [0.29, 0.717) is 32.2 Å². The maximum atomic E-state index is 13.8. The van der Waals surface area contributed by atoms with Gasteiger partial charge in [0.25, 0.3) is 0 Å². The van der Waals surface area contributed by atoms with E-state index in [0.717, 1.165) is 5.57 Å². The third kappa shape index (κ3) is 5.07. The Bertz CT molecular complexity index is 906. The molecule has 0 spiro atoms. The molecule has 3 aliphatic carbocycles. The third-order valence-electron chi connectivity index (χ3n) is 8.86.